The van der Waals surface area contributed by atoms with E-state index in [1.54, 1.807) is 0 Å². The summed E-state index contributed by atoms with van der Waals surface area (Å²) >= 11 is 0. The summed E-state index contributed by atoms with van der Waals surface area (Å²) in [6.45, 7) is 9.32. The average molecular weight is 276 g/mol. The molecule has 0 radical (unpaired) electrons. The zero-order valence-electron chi connectivity index (χ0n) is 13.4. The Morgan fingerprint density at radius 1 is 1.30 bits per heavy atom. The first-order valence-electron chi connectivity index (χ1n) is 7.52. The van der Waals surface area contributed by atoms with Crippen LogP contribution in [-0.4, -0.2) is 54.7 Å². The summed E-state index contributed by atoms with van der Waals surface area (Å²) in [6, 6.07) is 6.92. The molecule has 1 saturated heterocycles. The van der Waals surface area contributed by atoms with Gasteiger partial charge in [-0.25, -0.2) is 0 Å². The third kappa shape index (κ3) is 3.40. The molecule has 3 unspecified atom stereocenters. The highest BCUT2D eigenvalue weighted by molar-refractivity contribution is 5.32. The minimum atomic E-state index is -0.386. The maximum absolute atomic E-state index is 10.5. The normalized spacial score (nSPS) is 25.4. The van der Waals surface area contributed by atoms with E-state index < -0.39 is 0 Å². The molecule has 0 saturated carbocycles. The summed E-state index contributed by atoms with van der Waals surface area (Å²) in [5, 5.41) is 10.5. The predicted octanol–water partition coefficient (Wildman–Crippen LogP) is 2.22. The fourth-order valence-corrected chi connectivity index (χ4v) is 3.33. The van der Waals surface area contributed by atoms with Crippen molar-refractivity contribution in [1.29, 1.82) is 0 Å². The maximum Gasteiger partial charge on any atom is 0.0919 e. The largest absolute Gasteiger partial charge is 0.387 e. The Balaban J connectivity index is 2.02. The number of hydrogen-bond donors (Lipinski definition) is 1. The minimum absolute atomic E-state index is 0.386. The van der Waals surface area contributed by atoms with Crippen LogP contribution in [-0.2, 0) is 0 Å². The summed E-state index contributed by atoms with van der Waals surface area (Å²) in [4.78, 5) is 4.69. The van der Waals surface area contributed by atoms with Gasteiger partial charge in [-0.3, -0.25) is 4.90 Å². The Bertz CT molecular complexity index is 458. The molecule has 2 rings (SSSR count). The average Bonchev–Trinajstić information content (AvgIpc) is 2.73. The van der Waals surface area contributed by atoms with Gasteiger partial charge in [0.15, 0.2) is 0 Å². The molecule has 112 valence electrons. The number of β-amino-alcohol motifs (C(OH)–C–C–N with tert-alkyl or cyclic N) is 1. The number of nitrogens with zero attached hydrogens (tertiary/aromatic N) is 2. The van der Waals surface area contributed by atoms with E-state index in [1.165, 1.54) is 11.1 Å². The smallest absolute Gasteiger partial charge is 0.0919 e. The van der Waals surface area contributed by atoms with Crippen LogP contribution >= 0.6 is 0 Å². The lowest BCUT2D eigenvalue weighted by Crippen LogP contribution is -2.35. The molecule has 1 aliphatic rings. The number of hydrogen-bond acceptors (Lipinski definition) is 3. The van der Waals surface area contributed by atoms with Crippen LogP contribution in [0.5, 0.6) is 0 Å². The number of aryl methyl sites for hydroxylation is 2. The molecule has 20 heavy (non-hydrogen) atoms. The molecular weight excluding hydrogens is 248 g/mol. The molecule has 3 heteroatoms. The topological polar surface area (TPSA) is 26.7 Å². The number of likely N-dealkylation sites (tertiary alicyclic amines) is 1. The fraction of sp³-hybridized carbons (Fsp3) is 0.647. The molecule has 1 aromatic carbocycles. The van der Waals surface area contributed by atoms with E-state index in [-0.39, 0.29) is 6.10 Å². The number of aliphatic hydroxyl groups is 1. The lowest BCUT2D eigenvalue weighted by atomic mass is 10.0. The van der Waals surface area contributed by atoms with Crippen LogP contribution in [0.15, 0.2) is 18.2 Å². The van der Waals surface area contributed by atoms with Gasteiger partial charge in [0, 0.05) is 25.7 Å². The van der Waals surface area contributed by atoms with Gasteiger partial charge in [-0.15, -0.1) is 0 Å². The molecule has 0 bridgehead atoms. The van der Waals surface area contributed by atoms with Gasteiger partial charge in [-0.1, -0.05) is 30.7 Å². The standard InChI is InChI=1S/C17H28N2O/c1-12-6-7-13(2)15(8-12)17(20)11-19-9-14(3)16(10-19)18(4)5/h6-8,14,16-17,20H,9-11H2,1-5H3. The van der Waals surface area contributed by atoms with Crippen LogP contribution in [0.1, 0.15) is 29.7 Å². The number of rotatable bonds is 4. The third-order valence-electron chi connectivity index (χ3n) is 4.54. The van der Waals surface area contributed by atoms with Crippen LogP contribution < -0.4 is 0 Å². The molecule has 0 amide bonds. The molecule has 0 spiro atoms. The highest BCUT2D eigenvalue weighted by Crippen LogP contribution is 2.25. The van der Waals surface area contributed by atoms with Gasteiger partial charge in [0.2, 0.25) is 0 Å². The summed E-state index contributed by atoms with van der Waals surface area (Å²) in [6.07, 6.45) is -0.386. The first-order chi connectivity index (χ1) is 9.38. The summed E-state index contributed by atoms with van der Waals surface area (Å²) < 4.78 is 0. The van der Waals surface area contributed by atoms with Crippen molar-refractivity contribution < 1.29 is 5.11 Å². The molecule has 1 fully saturated rings. The van der Waals surface area contributed by atoms with Gasteiger partial charge in [0.25, 0.3) is 0 Å². The van der Waals surface area contributed by atoms with E-state index >= 15 is 0 Å². The van der Waals surface area contributed by atoms with E-state index in [0.29, 0.717) is 12.0 Å². The van der Waals surface area contributed by atoms with Gasteiger partial charge in [0.1, 0.15) is 0 Å². The van der Waals surface area contributed by atoms with Gasteiger partial charge in [-0.05, 0) is 45.0 Å². The van der Waals surface area contributed by atoms with Crippen molar-refractivity contribution in [1.82, 2.24) is 9.80 Å². The fourth-order valence-electron chi connectivity index (χ4n) is 3.33. The minimum Gasteiger partial charge on any atom is -0.387 e. The second kappa shape index (κ2) is 6.25. The van der Waals surface area contributed by atoms with Crippen LogP contribution in [0.25, 0.3) is 0 Å². The number of benzene rings is 1. The van der Waals surface area contributed by atoms with Crippen molar-refractivity contribution in [2.75, 3.05) is 33.7 Å². The van der Waals surface area contributed by atoms with Crippen molar-refractivity contribution in [3.8, 4) is 0 Å². The molecule has 3 atom stereocenters. The van der Waals surface area contributed by atoms with Crippen molar-refractivity contribution in [3.05, 3.63) is 34.9 Å². The summed E-state index contributed by atoms with van der Waals surface area (Å²) in [5.41, 5.74) is 3.47. The zero-order chi connectivity index (χ0) is 14.9. The number of likely N-dealkylation sites (N-methyl/N-ethyl adjacent to an activating group) is 1. The van der Waals surface area contributed by atoms with E-state index in [1.807, 2.05) is 0 Å². The van der Waals surface area contributed by atoms with Gasteiger partial charge in [-0.2, -0.15) is 0 Å². The predicted molar refractivity (Wildman–Crippen MR) is 84.0 cm³/mol. The number of aliphatic hydroxyl groups excluding tert-OH is 1. The zero-order valence-corrected chi connectivity index (χ0v) is 13.4. The molecule has 1 aliphatic heterocycles. The monoisotopic (exact) mass is 276 g/mol. The Labute approximate surface area is 123 Å². The molecule has 0 aromatic heterocycles. The van der Waals surface area contributed by atoms with Gasteiger partial charge >= 0.3 is 0 Å². The van der Waals surface area contributed by atoms with E-state index in [2.05, 4.69) is 62.9 Å². The van der Waals surface area contributed by atoms with Crippen molar-refractivity contribution in [3.63, 3.8) is 0 Å². The first kappa shape index (κ1) is 15.5. The summed E-state index contributed by atoms with van der Waals surface area (Å²) in [5.74, 6) is 0.663. The lowest BCUT2D eigenvalue weighted by Gasteiger charge is -2.24. The molecular formula is C17H28N2O. The van der Waals surface area contributed by atoms with Crippen LogP contribution in [0.4, 0.5) is 0 Å². The van der Waals surface area contributed by atoms with Gasteiger partial charge in [0.05, 0.1) is 6.10 Å². The maximum atomic E-state index is 10.5. The quantitative estimate of drug-likeness (QED) is 0.913. The highest BCUT2D eigenvalue weighted by atomic mass is 16.3. The van der Waals surface area contributed by atoms with E-state index in [0.717, 1.165) is 25.2 Å². The Hall–Kier alpha value is -0.900. The molecule has 1 N–H and O–H groups in total. The Kier molecular flexibility index (Phi) is 4.84. The molecule has 1 aromatic rings. The second-order valence-electron chi connectivity index (χ2n) is 6.60. The summed E-state index contributed by atoms with van der Waals surface area (Å²) in [7, 11) is 4.29. The van der Waals surface area contributed by atoms with Gasteiger partial charge < -0.3 is 10.0 Å². The van der Waals surface area contributed by atoms with E-state index in [9.17, 15) is 5.11 Å². The molecule has 0 aliphatic carbocycles. The first-order valence-corrected chi connectivity index (χ1v) is 7.52. The van der Waals surface area contributed by atoms with Crippen molar-refractivity contribution in [2.45, 2.75) is 32.9 Å². The molecule has 3 nitrogen and oxygen atoms in total. The van der Waals surface area contributed by atoms with E-state index in [4.69, 9.17) is 0 Å². The highest BCUT2D eigenvalue weighted by Gasteiger charge is 2.32. The van der Waals surface area contributed by atoms with Crippen LogP contribution in [0.2, 0.25) is 0 Å². The molecule has 1 heterocycles. The lowest BCUT2D eigenvalue weighted by molar-refractivity contribution is 0.121. The van der Waals surface area contributed by atoms with Crippen LogP contribution in [0.3, 0.4) is 0 Å². The van der Waals surface area contributed by atoms with Crippen molar-refractivity contribution >= 4 is 0 Å². The second-order valence-corrected chi connectivity index (χ2v) is 6.60. The SMILES string of the molecule is Cc1ccc(C)c(C(O)CN2CC(C)C(N(C)C)C2)c1. The third-order valence-corrected chi connectivity index (χ3v) is 4.54. The Morgan fingerprint density at radius 3 is 2.60 bits per heavy atom. The van der Waals surface area contributed by atoms with Crippen molar-refractivity contribution in [2.24, 2.45) is 5.92 Å². The van der Waals surface area contributed by atoms with Crippen LogP contribution in [0, 0.1) is 19.8 Å². The Morgan fingerprint density at radius 2 is 2.00 bits per heavy atom.